The summed E-state index contributed by atoms with van der Waals surface area (Å²) in [5.41, 5.74) is 0.373. The number of hydrogen-bond acceptors (Lipinski definition) is 4. The van der Waals surface area contributed by atoms with E-state index in [-0.39, 0.29) is 5.91 Å². The Morgan fingerprint density at radius 1 is 1.13 bits per heavy atom. The third-order valence-corrected chi connectivity index (χ3v) is 4.64. The SMILES string of the molecule is CC1CN(C(=O)C(C)(C)c2ccc3c(c2)OCCO3)CC(C)N1. The molecule has 2 heterocycles. The molecule has 0 saturated carbocycles. The summed E-state index contributed by atoms with van der Waals surface area (Å²) in [4.78, 5) is 15.1. The number of amides is 1. The largest absolute Gasteiger partial charge is 0.486 e. The van der Waals surface area contributed by atoms with Gasteiger partial charge in [0.2, 0.25) is 5.91 Å². The third-order valence-electron chi connectivity index (χ3n) is 4.64. The second-order valence-corrected chi connectivity index (χ2v) is 7.16. The third kappa shape index (κ3) is 3.15. The molecule has 2 aliphatic heterocycles. The first-order chi connectivity index (χ1) is 10.9. The van der Waals surface area contributed by atoms with Gasteiger partial charge in [0.15, 0.2) is 11.5 Å². The summed E-state index contributed by atoms with van der Waals surface area (Å²) < 4.78 is 11.2. The van der Waals surface area contributed by atoms with Gasteiger partial charge < -0.3 is 19.7 Å². The summed E-state index contributed by atoms with van der Waals surface area (Å²) in [7, 11) is 0. The highest BCUT2D eigenvalue weighted by molar-refractivity contribution is 5.87. The summed E-state index contributed by atoms with van der Waals surface area (Å²) >= 11 is 0. The fourth-order valence-electron chi connectivity index (χ4n) is 3.44. The Balaban J connectivity index is 1.84. The van der Waals surface area contributed by atoms with Gasteiger partial charge in [0, 0.05) is 25.2 Å². The number of piperazine rings is 1. The van der Waals surface area contributed by atoms with Crippen molar-refractivity contribution in [3.8, 4) is 11.5 Å². The molecule has 0 bridgehead atoms. The highest BCUT2D eigenvalue weighted by Gasteiger charge is 2.37. The lowest BCUT2D eigenvalue weighted by atomic mass is 9.82. The van der Waals surface area contributed by atoms with Crippen LogP contribution in [0.15, 0.2) is 18.2 Å². The van der Waals surface area contributed by atoms with Crippen molar-refractivity contribution in [3.63, 3.8) is 0 Å². The molecule has 23 heavy (non-hydrogen) atoms. The molecule has 0 aromatic heterocycles. The highest BCUT2D eigenvalue weighted by Crippen LogP contribution is 2.36. The van der Waals surface area contributed by atoms with Gasteiger partial charge in [-0.05, 0) is 45.4 Å². The zero-order chi connectivity index (χ0) is 16.6. The maximum absolute atomic E-state index is 13.1. The number of fused-ring (bicyclic) bond motifs is 1. The molecule has 5 heteroatoms. The Hall–Kier alpha value is -1.75. The lowest BCUT2D eigenvalue weighted by molar-refractivity contribution is -0.138. The normalized spacial score (nSPS) is 24.4. The van der Waals surface area contributed by atoms with E-state index in [0.717, 1.165) is 30.2 Å². The predicted octanol–water partition coefficient (Wildman–Crippen LogP) is 1.94. The summed E-state index contributed by atoms with van der Waals surface area (Å²) in [6.45, 7) is 10.8. The molecule has 1 aromatic carbocycles. The molecule has 1 aromatic rings. The number of benzene rings is 1. The van der Waals surface area contributed by atoms with E-state index in [2.05, 4.69) is 19.2 Å². The summed E-state index contributed by atoms with van der Waals surface area (Å²) in [5, 5.41) is 3.47. The topological polar surface area (TPSA) is 50.8 Å². The van der Waals surface area contributed by atoms with Gasteiger partial charge in [-0.15, -0.1) is 0 Å². The Kier molecular flexibility index (Phi) is 4.23. The number of carbonyl (C=O) groups excluding carboxylic acids is 1. The molecule has 0 radical (unpaired) electrons. The fraction of sp³-hybridized carbons (Fsp3) is 0.611. The van der Waals surface area contributed by atoms with E-state index < -0.39 is 5.41 Å². The Bertz CT molecular complexity index is 590. The number of nitrogens with zero attached hydrogens (tertiary/aromatic N) is 1. The molecular formula is C18H26N2O3. The van der Waals surface area contributed by atoms with Crippen LogP contribution in [0.1, 0.15) is 33.3 Å². The fourth-order valence-corrected chi connectivity index (χ4v) is 3.44. The first-order valence-electron chi connectivity index (χ1n) is 8.33. The maximum atomic E-state index is 13.1. The molecule has 126 valence electrons. The Labute approximate surface area is 137 Å². The van der Waals surface area contributed by atoms with Crippen molar-refractivity contribution in [1.82, 2.24) is 10.2 Å². The molecule has 1 saturated heterocycles. The van der Waals surface area contributed by atoms with Crippen LogP contribution < -0.4 is 14.8 Å². The van der Waals surface area contributed by atoms with Crippen LogP contribution in [-0.4, -0.2) is 49.2 Å². The predicted molar refractivity (Wildman–Crippen MR) is 89.1 cm³/mol. The van der Waals surface area contributed by atoms with E-state index >= 15 is 0 Å². The van der Waals surface area contributed by atoms with Crippen molar-refractivity contribution in [2.75, 3.05) is 26.3 Å². The molecule has 2 atom stereocenters. The molecule has 1 N–H and O–H groups in total. The molecule has 1 amide bonds. The molecule has 0 aliphatic carbocycles. The van der Waals surface area contributed by atoms with Crippen molar-refractivity contribution in [3.05, 3.63) is 23.8 Å². The average Bonchev–Trinajstić information content (AvgIpc) is 2.52. The molecular weight excluding hydrogens is 292 g/mol. The van der Waals surface area contributed by atoms with Crippen LogP contribution in [0.2, 0.25) is 0 Å². The molecule has 5 nitrogen and oxygen atoms in total. The van der Waals surface area contributed by atoms with Crippen molar-refractivity contribution >= 4 is 5.91 Å². The van der Waals surface area contributed by atoms with Gasteiger partial charge in [0.1, 0.15) is 13.2 Å². The summed E-state index contributed by atoms with van der Waals surface area (Å²) in [6.07, 6.45) is 0. The smallest absolute Gasteiger partial charge is 0.232 e. The molecule has 3 rings (SSSR count). The van der Waals surface area contributed by atoms with Crippen molar-refractivity contribution in [2.45, 2.75) is 45.2 Å². The van der Waals surface area contributed by atoms with Crippen LogP contribution in [0.5, 0.6) is 11.5 Å². The Morgan fingerprint density at radius 2 is 1.74 bits per heavy atom. The van der Waals surface area contributed by atoms with Gasteiger partial charge in [0.05, 0.1) is 5.41 Å². The van der Waals surface area contributed by atoms with Gasteiger partial charge in [-0.2, -0.15) is 0 Å². The minimum Gasteiger partial charge on any atom is -0.486 e. The average molecular weight is 318 g/mol. The monoisotopic (exact) mass is 318 g/mol. The van der Waals surface area contributed by atoms with Gasteiger partial charge in [0.25, 0.3) is 0 Å². The highest BCUT2D eigenvalue weighted by atomic mass is 16.6. The summed E-state index contributed by atoms with van der Waals surface area (Å²) in [6, 6.07) is 6.46. The van der Waals surface area contributed by atoms with Crippen LogP contribution in [0, 0.1) is 0 Å². The van der Waals surface area contributed by atoms with E-state index in [9.17, 15) is 4.79 Å². The van der Waals surface area contributed by atoms with E-state index in [1.165, 1.54) is 0 Å². The van der Waals surface area contributed by atoms with Crippen LogP contribution in [0.25, 0.3) is 0 Å². The van der Waals surface area contributed by atoms with E-state index in [1.54, 1.807) is 0 Å². The van der Waals surface area contributed by atoms with Gasteiger partial charge in [-0.25, -0.2) is 0 Å². The van der Waals surface area contributed by atoms with Crippen molar-refractivity contribution < 1.29 is 14.3 Å². The van der Waals surface area contributed by atoms with Crippen molar-refractivity contribution in [2.24, 2.45) is 0 Å². The number of ether oxygens (including phenoxy) is 2. The number of carbonyl (C=O) groups is 1. The van der Waals surface area contributed by atoms with E-state index in [1.807, 2.05) is 36.9 Å². The number of nitrogens with one attached hydrogen (secondary N) is 1. The lowest BCUT2D eigenvalue weighted by Crippen LogP contribution is -2.58. The van der Waals surface area contributed by atoms with Gasteiger partial charge in [-0.1, -0.05) is 6.07 Å². The number of rotatable bonds is 2. The molecule has 2 unspecified atom stereocenters. The first kappa shape index (κ1) is 16.1. The van der Waals surface area contributed by atoms with Gasteiger partial charge >= 0.3 is 0 Å². The van der Waals surface area contributed by atoms with Crippen LogP contribution in [0.4, 0.5) is 0 Å². The number of hydrogen-bond donors (Lipinski definition) is 1. The van der Waals surface area contributed by atoms with E-state index in [4.69, 9.17) is 9.47 Å². The van der Waals surface area contributed by atoms with E-state index in [0.29, 0.717) is 25.3 Å². The molecule has 0 spiro atoms. The zero-order valence-electron chi connectivity index (χ0n) is 14.4. The lowest BCUT2D eigenvalue weighted by Gasteiger charge is -2.40. The summed E-state index contributed by atoms with van der Waals surface area (Å²) in [5.74, 6) is 1.65. The standard InChI is InChI=1S/C18H26N2O3/c1-12-10-20(11-13(2)19-12)17(21)18(3,4)14-5-6-15-16(9-14)23-8-7-22-15/h5-6,9,12-13,19H,7-8,10-11H2,1-4H3. The van der Waals surface area contributed by atoms with Gasteiger partial charge in [-0.3, -0.25) is 4.79 Å². The molecule has 1 fully saturated rings. The minimum atomic E-state index is -0.591. The first-order valence-corrected chi connectivity index (χ1v) is 8.33. The molecule has 2 aliphatic rings. The van der Waals surface area contributed by atoms with Crippen LogP contribution in [0.3, 0.4) is 0 Å². The quantitative estimate of drug-likeness (QED) is 0.905. The van der Waals surface area contributed by atoms with Crippen LogP contribution in [-0.2, 0) is 10.2 Å². The van der Waals surface area contributed by atoms with Crippen molar-refractivity contribution in [1.29, 1.82) is 0 Å². The maximum Gasteiger partial charge on any atom is 0.232 e. The minimum absolute atomic E-state index is 0.161. The zero-order valence-corrected chi connectivity index (χ0v) is 14.4. The van der Waals surface area contributed by atoms with Crippen LogP contribution >= 0.6 is 0 Å². The second kappa shape index (κ2) is 6.04. The second-order valence-electron chi connectivity index (χ2n) is 7.16. The Morgan fingerprint density at radius 3 is 2.39 bits per heavy atom.